The Morgan fingerprint density at radius 2 is 1.96 bits per heavy atom. The lowest BCUT2D eigenvalue weighted by Crippen LogP contribution is -2.58. The third-order valence-corrected chi connectivity index (χ3v) is 5.20. The van der Waals surface area contributed by atoms with Crippen LogP contribution < -0.4 is 16.0 Å². The molecule has 3 N–H and O–H groups in total. The van der Waals surface area contributed by atoms with Crippen LogP contribution in [-0.2, 0) is 4.79 Å². The lowest BCUT2D eigenvalue weighted by molar-refractivity contribution is -0.132. The highest BCUT2D eigenvalue weighted by Gasteiger charge is 2.45. The summed E-state index contributed by atoms with van der Waals surface area (Å²) in [5.74, 6) is -0.405. The van der Waals surface area contributed by atoms with Crippen LogP contribution in [0.3, 0.4) is 0 Å². The fourth-order valence-corrected chi connectivity index (χ4v) is 3.38. The maximum atomic E-state index is 12.7. The Balaban J connectivity index is 1.92. The number of hydrogen-bond donors (Lipinski definition) is 2. The molecular formula is C18H17BrClN3O2. The zero-order valence-electron chi connectivity index (χ0n) is 13.8. The van der Waals surface area contributed by atoms with E-state index in [0.717, 1.165) is 0 Å². The first-order valence-electron chi connectivity index (χ1n) is 7.68. The zero-order chi connectivity index (χ0) is 18.4. The number of nitrogens with two attached hydrogens (primary N) is 1. The van der Waals surface area contributed by atoms with E-state index in [0.29, 0.717) is 22.4 Å². The van der Waals surface area contributed by atoms with Gasteiger partial charge in [0, 0.05) is 11.0 Å². The van der Waals surface area contributed by atoms with Crippen molar-refractivity contribution in [3.05, 3.63) is 51.5 Å². The topological polar surface area (TPSA) is 75.4 Å². The molecule has 3 rings (SSSR count). The van der Waals surface area contributed by atoms with Gasteiger partial charge in [0.25, 0.3) is 5.91 Å². The summed E-state index contributed by atoms with van der Waals surface area (Å²) in [5, 5.41) is 3.08. The SMILES string of the molecule is CC1(C)CN(c2ccccc2NC(=O)c2c(Cl)ccc(Br)c2N)C1=O. The van der Waals surface area contributed by atoms with Crippen LogP contribution in [0, 0.1) is 5.41 Å². The first-order valence-corrected chi connectivity index (χ1v) is 8.85. The van der Waals surface area contributed by atoms with Gasteiger partial charge in [-0.25, -0.2) is 0 Å². The summed E-state index contributed by atoms with van der Waals surface area (Å²) in [6, 6.07) is 10.4. The van der Waals surface area contributed by atoms with E-state index in [4.69, 9.17) is 17.3 Å². The van der Waals surface area contributed by atoms with E-state index in [2.05, 4.69) is 21.2 Å². The van der Waals surface area contributed by atoms with Gasteiger partial charge in [0.15, 0.2) is 0 Å². The van der Waals surface area contributed by atoms with E-state index in [1.54, 1.807) is 35.2 Å². The maximum Gasteiger partial charge on any atom is 0.259 e. The molecular weight excluding hydrogens is 406 g/mol. The van der Waals surface area contributed by atoms with Crippen molar-refractivity contribution in [3.8, 4) is 0 Å². The molecule has 2 amide bonds. The van der Waals surface area contributed by atoms with Crippen LogP contribution in [-0.4, -0.2) is 18.4 Å². The van der Waals surface area contributed by atoms with Crippen molar-refractivity contribution < 1.29 is 9.59 Å². The minimum atomic E-state index is -0.427. The largest absolute Gasteiger partial charge is 0.397 e. The van der Waals surface area contributed by atoms with Crippen LogP contribution in [0.1, 0.15) is 24.2 Å². The van der Waals surface area contributed by atoms with Gasteiger partial charge in [-0.2, -0.15) is 0 Å². The molecule has 0 unspecified atom stereocenters. The van der Waals surface area contributed by atoms with Crippen molar-refractivity contribution >= 4 is 56.4 Å². The van der Waals surface area contributed by atoms with Crippen LogP contribution in [0.25, 0.3) is 0 Å². The standard InChI is InChI=1S/C18H17BrClN3O2/c1-18(2)9-23(17(18)25)13-6-4-3-5-12(13)22-16(24)14-11(20)8-7-10(19)15(14)21/h3-8H,9,21H2,1-2H3,(H,22,24). The van der Waals surface area contributed by atoms with E-state index in [1.807, 2.05) is 19.9 Å². The zero-order valence-corrected chi connectivity index (χ0v) is 16.1. The smallest absolute Gasteiger partial charge is 0.259 e. The summed E-state index contributed by atoms with van der Waals surface area (Å²) in [5.41, 5.74) is 7.25. The third-order valence-electron chi connectivity index (χ3n) is 4.19. The molecule has 1 heterocycles. The van der Waals surface area contributed by atoms with Gasteiger partial charge in [0.2, 0.25) is 5.91 Å². The average molecular weight is 423 g/mol. The Labute approximate surface area is 159 Å². The predicted molar refractivity (Wildman–Crippen MR) is 104 cm³/mol. The van der Waals surface area contributed by atoms with E-state index in [1.165, 1.54) is 0 Å². The number of para-hydroxylation sites is 2. The summed E-state index contributed by atoms with van der Waals surface area (Å²) >= 11 is 9.43. The van der Waals surface area contributed by atoms with E-state index in [9.17, 15) is 9.59 Å². The predicted octanol–water partition coefficient (Wildman–Crippen LogP) is 4.31. The molecule has 0 radical (unpaired) electrons. The van der Waals surface area contributed by atoms with Crippen LogP contribution in [0.5, 0.6) is 0 Å². The molecule has 1 saturated heterocycles. The lowest BCUT2D eigenvalue weighted by atomic mass is 9.82. The second-order valence-electron chi connectivity index (χ2n) is 6.56. The molecule has 0 aliphatic carbocycles. The molecule has 5 nitrogen and oxygen atoms in total. The second-order valence-corrected chi connectivity index (χ2v) is 7.83. The number of benzene rings is 2. The van der Waals surface area contributed by atoms with Crippen LogP contribution in [0.4, 0.5) is 17.1 Å². The van der Waals surface area contributed by atoms with Gasteiger partial charge in [-0.05, 0) is 54.0 Å². The van der Waals surface area contributed by atoms with Gasteiger partial charge in [0.05, 0.1) is 33.1 Å². The van der Waals surface area contributed by atoms with Crippen molar-refractivity contribution in [1.29, 1.82) is 0 Å². The van der Waals surface area contributed by atoms with Crippen molar-refractivity contribution in [2.45, 2.75) is 13.8 Å². The third kappa shape index (κ3) is 3.12. The number of halogens is 2. The summed E-state index contributed by atoms with van der Waals surface area (Å²) in [4.78, 5) is 26.7. The number of rotatable bonds is 3. The second kappa shape index (κ2) is 6.35. The van der Waals surface area contributed by atoms with Gasteiger partial charge in [-0.15, -0.1) is 0 Å². The van der Waals surface area contributed by atoms with Gasteiger partial charge < -0.3 is 16.0 Å². The summed E-state index contributed by atoms with van der Waals surface area (Å²) in [6.07, 6.45) is 0. The minimum absolute atomic E-state index is 0.0224. The average Bonchev–Trinajstić information content (AvgIpc) is 2.57. The fraction of sp³-hybridized carbons (Fsp3) is 0.222. The molecule has 2 aromatic carbocycles. The van der Waals surface area contributed by atoms with Crippen LogP contribution >= 0.6 is 27.5 Å². The highest BCUT2D eigenvalue weighted by molar-refractivity contribution is 9.10. The number of β-lactam (4-membered cyclic amide) rings is 1. The van der Waals surface area contributed by atoms with Crippen LogP contribution in [0.15, 0.2) is 40.9 Å². The van der Waals surface area contributed by atoms with Gasteiger partial charge in [-0.1, -0.05) is 23.7 Å². The molecule has 7 heteroatoms. The molecule has 1 aliphatic rings. The molecule has 0 atom stereocenters. The first kappa shape index (κ1) is 17.8. The summed E-state index contributed by atoms with van der Waals surface area (Å²) in [7, 11) is 0. The highest BCUT2D eigenvalue weighted by Crippen LogP contribution is 2.39. The van der Waals surface area contributed by atoms with Gasteiger partial charge >= 0.3 is 0 Å². The number of nitrogen functional groups attached to an aromatic ring is 1. The normalized spacial score (nSPS) is 15.7. The van der Waals surface area contributed by atoms with Crippen molar-refractivity contribution in [2.24, 2.45) is 5.41 Å². The number of hydrogen-bond acceptors (Lipinski definition) is 3. The number of anilines is 3. The Morgan fingerprint density at radius 1 is 1.28 bits per heavy atom. The lowest BCUT2D eigenvalue weighted by Gasteiger charge is -2.45. The Hall–Kier alpha value is -2.05. The van der Waals surface area contributed by atoms with Crippen molar-refractivity contribution in [1.82, 2.24) is 0 Å². The summed E-state index contributed by atoms with van der Waals surface area (Å²) < 4.78 is 0.593. The van der Waals surface area contributed by atoms with Crippen molar-refractivity contribution in [2.75, 3.05) is 22.5 Å². The number of nitrogens with zero attached hydrogens (tertiary/aromatic N) is 1. The monoisotopic (exact) mass is 421 g/mol. The molecule has 130 valence electrons. The number of nitrogens with one attached hydrogen (secondary N) is 1. The molecule has 2 aromatic rings. The van der Waals surface area contributed by atoms with E-state index in [-0.39, 0.29) is 27.6 Å². The number of carbonyl (C=O) groups is 2. The Bertz CT molecular complexity index is 883. The van der Waals surface area contributed by atoms with E-state index >= 15 is 0 Å². The molecule has 0 bridgehead atoms. The quantitative estimate of drug-likeness (QED) is 0.572. The van der Waals surface area contributed by atoms with E-state index < -0.39 is 5.91 Å². The minimum Gasteiger partial charge on any atom is -0.397 e. The highest BCUT2D eigenvalue weighted by atomic mass is 79.9. The maximum absolute atomic E-state index is 12.7. The number of amides is 2. The Morgan fingerprint density at radius 3 is 2.60 bits per heavy atom. The number of carbonyl (C=O) groups excluding carboxylic acids is 2. The molecule has 25 heavy (non-hydrogen) atoms. The fourth-order valence-electron chi connectivity index (χ4n) is 2.80. The van der Waals surface area contributed by atoms with Gasteiger partial charge in [0.1, 0.15) is 0 Å². The molecule has 0 saturated carbocycles. The summed E-state index contributed by atoms with van der Waals surface area (Å²) in [6.45, 7) is 4.39. The first-order chi connectivity index (χ1) is 11.7. The van der Waals surface area contributed by atoms with Crippen LogP contribution in [0.2, 0.25) is 5.02 Å². The molecule has 1 fully saturated rings. The molecule has 1 aliphatic heterocycles. The van der Waals surface area contributed by atoms with Crippen molar-refractivity contribution in [3.63, 3.8) is 0 Å². The van der Waals surface area contributed by atoms with Gasteiger partial charge in [-0.3, -0.25) is 9.59 Å². The Kier molecular flexibility index (Phi) is 4.51. The molecule has 0 aromatic heterocycles. The molecule has 0 spiro atoms.